The summed E-state index contributed by atoms with van der Waals surface area (Å²) in [6.07, 6.45) is 1.91. The molecular weight excluding hydrogens is 438 g/mol. The largest absolute Gasteiger partial charge is 0.494 e. The van der Waals surface area contributed by atoms with E-state index in [0.717, 1.165) is 39.6 Å². The van der Waals surface area contributed by atoms with Crippen molar-refractivity contribution < 1.29 is 19.1 Å². The molecule has 180 valence electrons. The van der Waals surface area contributed by atoms with E-state index in [-0.39, 0.29) is 17.2 Å². The van der Waals surface area contributed by atoms with Gasteiger partial charge in [0.25, 0.3) is 0 Å². The molecule has 0 aliphatic heterocycles. The second-order valence-electron chi connectivity index (χ2n) is 11.0. The number of rotatable bonds is 6. The molecule has 0 bridgehead atoms. The van der Waals surface area contributed by atoms with E-state index in [4.69, 9.17) is 21.1 Å². The molecule has 1 aromatic heterocycles. The number of nitrogens with zero attached hydrogens (tertiary/aromatic N) is 1. The summed E-state index contributed by atoms with van der Waals surface area (Å²) in [5, 5.41) is 0.756. The fraction of sp³-hybridized carbons (Fsp3) is 0.556. The Bertz CT molecular complexity index is 1070. The monoisotopic (exact) mass is 473 g/mol. The van der Waals surface area contributed by atoms with E-state index >= 15 is 0 Å². The highest BCUT2D eigenvalue weighted by molar-refractivity contribution is 6.32. The topological polar surface area (TPSA) is 57.5 Å². The van der Waals surface area contributed by atoms with Crippen LogP contribution in [-0.2, 0) is 17.7 Å². The number of ether oxygens (including phenoxy) is 2. The van der Waals surface area contributed by atoms with Crippen LogP contribution in [0.2, 0.25) is 5.02 Å². The van der Waals surface area contributed by atoms with Crippen LogP contribution < -0.4 is 4.74 Å². The molecule has 0 spiro atoms. The normalized spacial score (nSPS) is 15.4. The van der Waals surface area contributed by atoms with Gasteiger partial charge in [0.05, 0.1) is 6.61 Å². The van der Waals surface area contributed by atoms with Crippen LogP contribution in [0.4, 0.5) is 0 Å². The first-order chi connectivity index (χ1) is 15.2. The van der Waals surface area contributed by atoms with Gasteiger partial charge in [0, 0.05) is 29.2 Å². The van der Waals surface area contributed by atoms with E-state index in [1.54, 1.807) is 0 Å². The first kappa shape index (κ1) is 25.4. The Morgan fingerprint density at radius 1 is 1.12 bits per heavy atom. The van der Waals surface area contributed by atoms with Crippen LogP contribution in [0.25, 0.3) is 0 Å². The van der Waals surface area contributed by atoms with Crippen molar-refractivity contribution in [3.05, 3.63) is 50.8 Å². The number of ketones is 1. The molecule has 1 aliphatic rings. The molecule has 1 aromatic carbocycles. The summed E-state index contributed by atoms with van der Waals surface area (Å²) in [6.45, 7) is 16.6. The van der Waals surface area contributed by atoms with Gasteiger partial charge in [0.2, 0.25) is 0 Å². The molecule has 33 heavy (non-hydrogen) atoms. The van der Waals surface area contributed by atoms with Crippen molar-refractivity contribution >= 4 is 23.4 Å². The number of aromatic nitrogens is 1. The van der Waals surface area contributed by atoms with Crippen LogP contribution in [0.5, 0.6) is 5.75 Å². The molecule has 1 aliphatic carbocycles. The van der Waals surface area contributed by atoms with Crippen molar-refractivity contribution in [1.82, 2.24) is 4.57 Å². The molecule has 6 heteroatoms. The number of benzene rings is 1. The minimum absolute atomic E-state index is 0.102. The molecular formula is C27H36ClNO4. The Labute approximate surface area is 202 Å². The lowest BCUT2D eigenvalue weighted by Crippen LogP contribution is -2.29. The Balaban J connectivity index is 1.87. The SMILES string of the molecule is Cc1cc(OCCCn2c3c(c(C)c2C(=O)OC(C)(C)C)C(=O)CC(C)(C)C3)cc(C)c1Cl. The first-order valence-electron chi connectivity index (χ1n) is 11.6. The Hall–Kier alpha value is -2.27. The van der Waals surface area contributed by atoms with Crippen LogP contribution in [-0.4, -0.2) is 28.5 Å². The second-order valence-corrected chi connectivity index (χ2v) is 11.3. The maximum atomic E-state index is 13.2. The average Bonchev–Trinajstić information content (AvgIpc) is 2.92. The average molecular weight is 474 g/mol. The molecule has 0 atom stereocenters. The molecule has 5 nitrogen and oxygen atoms in total. The number of Topliss-reactive ketones (excluding diaryl/α,β-unsaturated/α-hetero) is 1. The zero-order chi connectivity index (χ0) is 24.7. The molecule has 0 fully saturated rings. The number of esters is 1. The van der Waals surface area contributed by atoms with Crippen molar-refractivity contribution in [1.29, 1.82) is 0 Å². The molecule has 2 aromatic rings. The van der Waals surface area contributed by atoms with E-state index < -0.39 is 5.60 Å². The van der Waals surface area contributed by atoms with Crippen molar-refractivity contribution in [2.24, 2.45) is 5.41 Å². The number of carbonyl (C=O) groups is 2. The predicted molar refractivity (Wildman–Crippen MR) is 132 cm³/mol. The highest BCUT2D eigenvalue weighted by Gasteiger charge is 2.38. The molecule has 0 saturated heterocycles. The maximum absolute atomic E-state index is 13.2. The van der Waals surface area contributed by atoms with Gasteiger partial charge in [0.15, 0.2) is 5.78 Å². The van der Waals surface area contributed by atoms with Gasteiger partial charge in [0.1, 0.15) is 17.0 Å². The number of fused-ring (bicyclic) bond motifs is 1. The van der Waals surface area contributed by atoms with E-state index in [9.17, 15) is 9.59 Å². The van der Waals surface area contributed by atoms with Gasteiger partial charge in [-0.3, -0.25) is 4.79 Å². The van der Waals surface area contributed by atoms with Crippen LogP contribution in [0.3, 0.4) is 0 Å². The highest BCUT2D eigenvalue weighted by atomic mass is 35.5. The standard InChI is InChI=1S/C27H36ClNO4/c1-16-12-19(13-17(2)23(16)28)32-11-9-10-29-20-14-27(7,8)15-21(30)22(20)18(3)24(29)25(31)33-26(4,5)6/h12-13H,9-11,14-15H2,1-8H3. The molecule has 0 unspecified atom stereocenters. The third kappa shape index (κ3) is 5.63. The molecule has 1 heterocycles. The number of hydrogen-bond donors (Lipinski definition) is 0. The summed E-state index contributed by atoms with van der Waals surface area (Å²) in [5.41, 5.74) is 4.05. The lowest BCUT2D eigenvalue weighted by atomic mass is 9.75. The third-order valence-electron chi connectivity index (χ3n) is 5.98. The first-order valence-corrected chi connectivity index (χ1v) is 12.0. The fourth-order valence-electron chi connectivity index (χ4n) is 4.64. The summed E-state index contributed by atoms with van der Waals surface area (Å²) in [6, 6.07) is 3.87. The van der Waals surface area contributed by atoms with Crippen LogP contribution in [0.15, 0.2) is 12.1 Å². The summed E-state index contributed by atoms with van der Waals surface area (Å²) >= 11 is 6.26. The van der Waals surface area contributed by atoms with Crippen LogP contribution in [0, 0.1) is 26.2 Å². The summed E-state index contributed by atoms with van der Waals surface area (Å²) in [7, 11) is 0. The van der Waals surface area contributed by atoms with Crippen molar-refractivity contribution in [3.8, 4) is 5.75 Å². The van der Waals surface area contributed by atoms with E-state index in [0.29, 0.717) is 37.3 Å². The lowest BCUT2D eigenvalue weighted by molar-refractivity contribution is 0.00556. The Kier molecular flexibility index (Phi) is 7.05. The molecule has 0 saturated carbocycles. The number of carbonyl (C=O) groups excluding carboxylic acids is 2. The van der Waals surface area contributed by atoms with Gasteiger partial charge < -0.3 is 14.0 Å². The van der Waals surface area contributed by atoms with E-state index in [2.05, 4.69) is 13.8 Å². The molecule has 0 N–H and O–H groups in total. The Morgan fingerprint density at radius 3 is 2.30 bits per heavy atom. The molecule has 0 amide bonds. The van der Waals surface area contributed by atoms with Gasteiger partial charge >= 0.3 is 5.97 Å². The molecule has 0 radical (unpaired) electrons. The lowest BCUT2D eigenvalue weighted by Gasteiger charge is -2.30. The number of hydrogen-bond acceptors (Lipinski definition) is 4. The smallest absolute Gasteiger partial charge is 0.355 e. The van der Waals surface area contributed by atoms with Crippen molar-refractivity contribution in [3.63, 3.8) is 0 Å². The Morgan fingerprint density at radius 2 is 1.73 bits per heavy atom. The van der Waals surface area contributed by atoms with Gasteiger partial charge in [-0.1, -0.05) is 25.4 Å². The van der Waals surface area contributed by atoms with Crippen LogP contribution >= 0.6 is 11.6 Å². The van der Waals surface area contributed by atoms with Gasteiger partial charge in [-0.15, -0.1) is 0 Å². The fourth-order valence-corrected chi connectivity index (χ4v) is 4.75. The van der Waals surface area contributed by atoms with Crippen LogP contribution in [0.1, 0.15) is 90.7 Å². The van der Waals surface area contributed by atoms with Gasteiger partial charge in [-0.05, 0) is 88.6 Å². The van der Waals surface area contributed by atoms with Gasteiger partial charge in [-0.25, -0.2) is 4.79 Å². The van der Waals surface area contributed by atoms with E-state index in [1.165, 1.54) is 0 Å². The maximum Gasteiger partial charge on any atom is 0.355 e. The van der Waals surface area contributed by atoms with Crippen molar-refractivity contribution in [2.45, 2.75) is 86.8 Å². The second kappa shape index (κ2) is 9.17. The van der Waals surface area contributed by atoms with Crippen molar-refractivity contribution in [2.75, 3.05) is 6.61 Å². The zero-order valence-electron chi connectivity index (χ0n) is 21.1. The summed E-state index contributed by atoms with van der Waals surface area (Å²) < 4.78 is 13.7. The summed E-state index contributed by atoms with van der Waals surface area (Å²) in [4.78, 5) is 26.2. The number of aryl methyl sites for hydroxylation is 2. The minimum atomic E-state index is -0.615. The predicted octanol–water partition coefficient (Wildman–Crippen LogP) is 6.65. The summed E-state index contributed by atoms with van der Waals surface area (Å²) in [5.74, 6) is 0.499. The number of halogens is 1. The molecule has 3 rings (SSSR count). The van der Waals surface area contributed by atoms with E-state index in [1.807, 2.05) is 58.2 Å². The van der Waals surface area contributed by atoms with Gasteiger partial charge in [-0.2, -0.15) is 0 Å². The quantitative estimate of drug-likeness (QED) is 0.348. The highest BCUT2D eigenvalue weighted by Crippen LogP contribution is 2.39. The minimum Gasteiger partial charge on any atom is -0.494 e. The zero-order valence-corrected chi connectivity index (χ0v) is 21.9. The third-order valence-corrected chi connectivity index (χ3v) is 6.57.